The fraction of sp³-hybridized carbons (Fsp3) is 1.00. The lowest BCUT2D eigenvalue weighted by Crippen LogP contribution is -3.59. The fourth-order valence-corrected chi connectivity index (χ4v) is 80.6. The molecule has 0 N–H and O–H groups in total. The summed E-state index contributed by atoms with van der Waals surface area (Å²) in [6.45, 7) is 0. The maximum absolute atomic E-state index is 1.86. The summed E-state index contributed by atoms with van der Waals surface area (Å²) < 4.78 is 0. The lowest BCUT2D eigenvalue weighted by atomic mass is 8.42. The average molecular weight is 963 g/mol. The highest BCUT2D eigenvalue weighted by atomic mass is 15.7. The van der Waals surface area contributed by atoms with Gasteiger partial charge in [-0.05, 0) is 437 Å². The van der Waals surface area contributed by atoms with Crippen LogP contribution in [0.5, 0.6) is 0 Å². The van der Waals surface area contributed by atoms with Gasteiger partial charge in [0.2, 0.25) is 0 Å². The van der Waals surface area contributed by atoms with Crippen molar-refractivity contribution in [2.24, 2.45) is 398 Å². The summed E-state index contributed by atoms with van der Waals surface area (Å²) in [6, 6.07) is 0. The van der Waals surface area contributed by atoms with Crippen LogP contribution < -0.4 is 0 Å². The van der Waals surface area contributed by atoms with Crippen LogP contribution in [0, 0.1) is 398 Å². The zero-order valence-electron chi connectivity index (χ0n) is 42.2. The van der Waals surface area contributed by atoms with Crippen molar-refractivity contribution in [1.29, 1.82) is 0 Å². The van der Waals surface area contributed by atoms with Crippen molar-refractivity contribution in [2.75, 3.05) is 0 Å². The summed E-state index contributed by atoms with van der Waals surface area (Å²) >= 11 is 0. The van der Waals surface area contributed by atoms with E-state index in [0.29, 0.717) is 0 Å². The summed E-state index contributed by atoms with van der Waals surface area (Å²) in [5, 5.41) is 0. The monoisotopic (exact) mass is 962 g/mol. The van der Waals surface area contributed by atoms with Crippen LogP contribution in [0.15, 0.2) is 0 Å². The Morgan fingerprint density at radius 1 is 0.132 bits per heavy atom. The Balaban J connectivity index is 0.559. The molecule has 0 nitrogen and oxygen atoms in total. The molecule has 70 atom stereocenters. The van der Waals surface area contributed by atoms with Crippen LogP contribution in [0.4, 0.5) is 0 Å². The number of fused-ring (bicyclic) bond motifs is 29. The molecule has 70 unspecified atom stereocenters. The number of hydrogen-bond acceptors (Lipinski definition) is 0. The Hall–Kier alpha value is 0. The Morgan fingerprint density at radius 3 is 0.579 bits per heavy atom. The van der Waals surface area contributed by atoms with Gasteiger partial charge in [-0.15, -0.1) is 0 Å². The van der Waals surface area contributed by atoms with Gasteiger partial charge in [0, 0.05) is 0 Å². The zero-order valence-corrected chi connectivity index (χ0v) is 42.2. The Kier molecular flexibility index (Phi) is 1.47. The minimum Gasteiger partial charge on any atom is -0.0496 e. The first-order valence-electron chi connectivity index (χ1n) is 37.8. The molecular formula is C76H50. The van der Waals surface area contributed by atoms with E-state index < -0.39 is 0 Å². The van der Waals surface area contributed by atoms with Crippen LogP contribution in [-0.2, 0) is 0 Å². The quantitative estimate of drug-likeness (QED) is 0.245. The lowest BCUT2D eigenvalue weighted by molar-refractivity contribution is -1.15. The van der Waals surface area contributed by atoms with Crippen molar-refractivity contribution in [3.63, 3.8) is 0 Å². The van der Waals surface area contributed by atoms with E-state index in [1.54, 1.807) is 12.8 Å². The van der Waals surface area contributed by atoms with Crippen LogP contribution in [0.3, 0.4) is 0 Å². The standard InChI is InChI=1S/C76H50/c1-2-9-7(1)8-3-10-11-4-14-18-22-26-30-34-38-43-44-40-36-32-28-24-20-16-6-13-12-5-15-19-23-27-31-35-39-42-41-37-33-29-25-21-17(8)49-45(9,10)46(11,14)50(18,49)54(22)53(21,49)57(25)58(26,54)62(30)61(29,57)65(33)66(34,62)70(38)69(37,65)73(41)74(42)71(39)67(35)63(31)59(27)55(23)51(19)47(12,15)48(13,16)52(20,51)56(24,55)60(28,59)64(32,63)68(36,67)72(40,71)76(44,74)75(43,70)73/h7-44H,1-6H2. The molecule has 2 bridgehead atoms. The average Bonchev–Trinajstić information content (AvgIpc) is 0.445. The predicted octanol–water partition coefficient (Wildman–Crippen LogP) is 7.01. The maximum Gasteiger partial charge on any atom is -0.00502 e. The first kappa shape index (κ1) is 26.5. The van der Waals surface area contributed by atoms with E-state index in [9.17, 15) is 0 Å². The highest BCUT2D eigenvalue weighted by Crippen LogP contribution is 3.64. The van der Waals surface area contributed by atoms with Gasteiger partial charge in [0.1, 0.15) is 0 Å². The Bertz CT molecular complexity index is 5140. The molecule has 32 spiro atoms. The van der Waals surface area contributed by atoms with Crippen LogP contribution in [0.2, 0.25) is 0 Å². The third-order valence-electron chi connectivity index (χ3n) is 64.3. The second-order valence-corrected chi connectivity index (χ2v) is 48.5. The Labute approximate surface area is 434 Å². The van der Waals surface area contributed by atoms with E-state index in [1.165, 1.54) is 225 Å². The summed E-state index contributed by atoms with van der Waals surface area (Å²) in [6.07, 6.45) is 10.9. The molecule has 0 aromatic carbocycles. The molecule has 0 heteroatoms. The van der Waals surface area contributed by atoms with Crippen LogP contribution in [0.25, 0.3) is 0 Å². The predicted molar refractivity (Wildman–Crippen MR) is 238 cm³/mol. The smallest absolute Gasteiger partial charge is 0.00502 e. The molecule has 0 heterocycles. The van der Waals surface area contributed by atoms with Gasteiger partial charge in [0.15, 0.2) is 0 Å². The SMILES string of the molecule is C1CC2C1C1CC3C4CC5C6C7C8C9C%10C%11C%12C%13C%14C%15C%16C%17C%18C%19C%20CC%21C%22CC%23C%24C%25C%26C%27C%28C%29C%30C%31C%32C%33C%34C%35C%36C1C1%37C23C45C61C71C%36%37C%352C81C91C%342C%332C%101C%111C%322C%312C%303C%294C%285C%276C%267C%258C%249C%22%23C%21%20C%199C%188C%177C%166C%155C%144C%133C%1212. The molecule has 0 radical (unpaired) electrons. The topological polar surface area (TPSA) is 0 Å². The number of rotatable bonds is 0. The minimum atomic E-state index is 1.04. The molecule has 0 aromatic heterocycles. The molecule has 53 aliphatic carbocycles. The fourth-order valence-electron chi connectivity index (χ4n) is 80.6. The second kappa shape index (κ2) is 4.22. The van der Waals surface area contributed by atoms with E-state index in [1.807, 2.05) is 25.7 Å². The van der Waals surface area contributed by atoms with E-state index in [0.717, 1.165) is 173 Å². The van der Waals surface area contributed by atoms with Gasteiger partial charge in [-0.1, -0.05) is 0 Å². The van der Waals surface area contributed by atoms with E-state index in [2.05, 4.69) is 0 Å². The highest BCUT2D eigenvalue weighted by Gasteiger charge is 3.63. The zero-order chi connectivity index (χ0) is 42.2. The van der Waals surface area contributed by atoms with Gasteiger partial charge >= 0.3 is 0 Å². The molecule has 0 aliphatic heterocycles. The van der Waals surface area contributed by atoms with E-state index >= 15 is 0 Å². The molecule has 76 heavy (non-hydrogen) atoms. The van der Waals surface area contributed by atoms with Crippen molar-refractivity contribution in [3.8, 4) is 0 Å². The summed E-state index contributed by atoms with van der Waals surface area (Å²) in [5.74, 6) is 53.2. The first-order chi connectivity index (χ1) is 37.8. The summed E-state index contributed by atoms with van der Waals surface area (Å²) in [4.78, 5) is 0. The van der Waals surface area contributed by atoms with Crippen LogP contribution >= 0.6 is 0 Å². The highest BCUT2D eigenvalue weighted by molar-refractivity contribution is 6.08. The van der Waals surface area contributed by atoms with E-state index in [-0.39, 0.29) is 0 Å². The molecule has 53 saturated carbocycles. The van der Waals surface area contributed by atoms with Crippen molar-refractivity contribution < 1.29 is 0 Å². The molecular weight excluding hydrogens is 913 g/mol. The van der Waals surface area contributed by atoms with Crippen LogP contribution in [-0.4, -0.2) is 0 Å². The largest absolute Gasteiger partial charge is 0.0496 e. The van der Waals surface area contributed by atoms with Crippen LogP contribution in [0.1, 0.15) is 38.5 Å². The van der Waals surface area contributed by atoms with Crippen molar-refractivity contribution in [2.45, 2.75) is 38.5 Å². The molecule has 53 aliphatic rings. The molecule has 53 fully saturated rings. The number of hydrogen-bond donors (Lipinski definition) is 0. The molecule has 53 rings (SSSR count). The van der Waals surface area contributed by atoms with Gasteiger partial charge in [-0.25, -0.2) is 0 Å². The van der Waals surface area contributed by atoms with E-state index in [4.69, 9.17) is 0 Å². The molecule has 354 valence electrons. The molecule has 0 aromatic rings. The van der Waals surface area contributed by atoms with Crippen molar-refractivity contribution in [3.05, 3.63) is 0 Å². The van der Waals surface area contributed by atoms with Crippen molar-refractivity contribution >= 4 is 0 Å². The first-order valence-corrected chi connectivity index (χ1v) is 37.8. The summed E-state index contributed by atoms with van der Waals surface area (Å²) in [5.41, 5.74) is 35.5. The van der Waals surface area contributed by atoms with Gasteiger partial charge in [0.05, 0.1) is 0 Å². The Morgan fingerprint density at radius 2 is 0.329 bits per heavy atom. The maximum atomic E-state index is 1.86. The second-order valence-electron chi connectivity index (χ2n) is 48.5. The van der Waals surface area contributed by atoms with Gasteiger partial charge < -0.3 is 0 Å². The van der Waals surface area contributed by atoms with Crippen molar-refractivity contribution in [1.82, 2.24) is 0 Å². The minimum absolute atomic E-state index is 1.04. The van der Waals surface area contributed by atoms with Gasteiger partial charge in [0.25, 0.3) is 0 Å². The third kappa shape index (κ3) is 0.637. The molecule has 0 saturated heterocycles. The summed E-state index contributed by atoms with van der Waals surface area (Å²) in [7, 11) is 0. The third-order valence-corrected chi connectivity index (χ3v) is 64.3. The van der Waals surface area contributed by atoms with Gasteiger partial charge in [-0.3, -0.25) is 0 Å². The van der Waals surface area contributed by atoms with Gasteiger partial charge in [-0.2, -0.15) is 0 Å². The lowest BCUT2D eigenvalue weighted by Gasteiger charge is -3.60. The normalized spacial score (nSPS) is 137. The molecule has 0 amide bonds.